The van der Waals surface area contributed by atoms with Crippen LogP contribution in [0.4, 0.5) is 0 Å². The molecular weight excluding hydrogens is 356 g/mol. The van der Waals surface area contributed by atoms with Gasteiger partial charge in [0.2, 0.25) is 0 Å². The van der Waals surface area contributed by atoms with Crippen molar-refractivity contribution in [3.8, 4) is 0 Å². The van der Waals surface area contributed by atoms with E-state index in [2.05, 4.69) is 0 Å². The first-order valence-corrected chi connectivity index (χ1v) is 9.72. The molecular formula is C15H26O7S2. The summed E-state index contributed by atoms with van der Waals surface area (Å²) in [6.45, 7) is 6.99. The van der Waals surface area contributed by atoms with E-state index in [1.165, 1.54) is 44.3 Å². The zero-order chi connectivity index (χ0) is 18.7. The molecule has 0 aromatic heterocycles. The molecule has 0 saturated heterocycles. The van der Waals surface area contributed by atoms with Crippen molar-refractivity contribution in [2.75, 3.05) is 18.1 Å². The number of aliphatic hydroxyl groups is 1. The Morgan fingerprint density at radius 2 is 1.25 bits per heavy atom. The number of carbonyl (C=O) groups excluding carboxylic acids is 3. The predicted octanol–water partition coefficient (Wildman–Crippen LogP) is 1.61. The predicted molar refractivity (Wildman–Crippen MR) is 93.8 cm³/mol. The van der Waals surface area contributed by atoms with Gasteiger partial charge in [-0.05, 0) is 11.5 Å². The minimum Gasteiger partial charge on any atom is -0.456 e. The molecule has 0 amide bonds. The minimum atomic E-state index is -1.12. The molecule has 9 heteroatoms. The van der Waals surface area contributed by atoms with Crippen molar-refractivity contribution < 1.29 is 33.7 Å². The average molecular weight is 383 g/mol. The lowest BCUT2D eigenvalue weighted by Gasteiger charge is -2.34. The average Bonchev–Trinajstić information content (AvgIpc) is 2.47. The van der Waals surface area contributed by atoms with Gasteiger partial charge in [0.1, 0.15) is 0 Å². The van der Waals surface area contributed by atoms with Gasteiger partial charge in [0.25, 0.3) is 0 Å². The lowest BCUT2D eigenvalue weighted by molar-refractivity contribution is -0.184. The molecule has 0 rings (SSSR count). The third kappa shape index (κ3) is 8.79. The van der Waals surface area contributed by atoms with E-state index in [1.54, 1.807) is 0 Å². The molecule has 0 aromatic rings. The quantitative estimate of drug-likeness (QED) is 0.324. The van der Waals surface area contributed by atoms with E-state index in [-0.39, 0.29) is 4.58 Å². The molecule has 3 atom stereocenters. The number of hydrogen-bond acceptors (Lipinski definition) is 9. The summed E-state index contributed by atoms with van der Waals surface area (Å²) in [7, 11) is 0. The molecule has 0 aromatic carbocycles. The number of rotatable bonds is 11. The Labute approximate surface area is 151 Å². The van der Waals surface area contributed by atoms with Gasteiger partial charge in [-0.15, -0.1) is 23.5 Å². The first kappa shape index (κ1) is 23.1. The normalized spacial score (nSPS) is 14.6. The summed E-state index contributed by atoms with van der Waals surface area (Å²) in [6, 6.07) is 0. The molecule has 0 heterocycles. The largest absolute Gasteiger partial charge is 0.456 e. The van der Waals surface area contributed by atoms with E-state index in [0.717, 1.165) is 11.5 Å². The van der Waals surface area contributed by atoms with Crippen LogP contribution in [0.15, 0.2) is 0 Å². The molecule has 0 aliphatic carbocycles. The first-order valence-electron chi connectivity index (χ1n) is 7.62. The summed E-state index contributed by atoms with van der Waals surface area (Å²) in [6.07, 6.45) is -3.07. The van der Waals surface area contributed by atoms with Crippen molar-refractivity contribution in [3.05, 3.63) is 0 Å². The highest BCUT2D eigenvalue weighted by Gasteiger charge is 2.41. The molecule has 7 nitrogen and oxygen atoms in total. The van der Waals surface area contributed by atoms with Crippen LogP contribution in [0.25, 0.3) is 0 Å². The van der Waals surface area contributed by atoms with E-state index >= 15 is 0 Å². The Morgan fingerprint density at radius 3 is 1.58 bits per heavy atom. The van der Waals surface area contributed by atoms with Gasteiger partial charge in [-0.2, -0.15) is 0 Å². The third-order valence-corrected chi connectivity index (χ3v) is 5.40. The summed E-state index contributed by atoms with van der Waals surface area (Å²) in [5.41, 5.74) is 0. The number of thioether (sulfide) groups is 2. The molecule has 0 aliphatic heterocycles. The molecule has 140 valence electrons. The maximum absolute atomic E-state index is 11.5. The van der Waals surface area contributed by atoms with E-state index in [1.807, 2.05) is 13.8 Å². The van der Waals surface area contributed by atoms with Crippen LogP contribution >= 0.6 is 23.5 Å². The zero-order valence-corrected chi connectivity index (χ0v) is 16.3. The molecule has 0 aliphatic rings. The Kier molecular flexibility index (Phi) is 12.0. The van der Waals surface area contributed by atoms with E-state index in [0.29, 0.717) is 0 Å². The van der Waals surface area contributed by atoms with Gasteiger partial charge >= 0.3 is 17.9 Å². The van der Waals surface area contributed by atoms with Crippen LogP contribution < -0.4 is 0 Å². The number of carbonyl (C=O) groups is 3. The SMILES string of the molecule is CCSC(SCC)[C@@H](OC(C)=O)[C@@H](OC(C)=O)[C@@H](CO)OC(C)=O. The van der Waals surface area contributed by atoms with Crippen molar-refractivity contribution >= 4 is 41.4 Å². The van der Waals surface area contributed by atoms with Crippen LogP contribution in [0.2, 0.25) is 0 Å². The van der Waals surface area contributed by atoms with Crippen LogP contribution in [-0.4, -0.2) is 64.0 Å². The molecule has 24 heavy (non-hydrogen) atoms. The van der Waals surface area contributed by atoms with Gasteiger partial charge in [-0.25, -0.2) is 0 Å². The molecule has 0 bridgehead atoms. The molecule has 0 spiro atoms. The molecule has 0 saturated carbocycles. The van der Waals surface area contributed by atoms with Crippen molar-refractivity contribution in [3.63, 3.8) is 0 Å². The van der Waals surface area contributed by atoms with E-state index in [9.17, 15) is 19.5 Å². The highest BCUT2D eigenvalue weighted by molar-refractivity contribution is 8.17. The topological polar surface area (TPSA) is 99.1 Å². The maximum Gasteiger partial charge on any atom is 0.303 e. The van der Waals surface area contributed by atoms with Crippen LogP contribution in [-0.2, 0) is 28.6 Å². The molecule has 0 fully saturated rings. The van der Waals surface area contributed by atoms with Gasteiger partial charge in [0, 0.05) is 20.8 Å². The summed E-state index contributed by atoms with van der Waals surface area (Å²) in [5.74, 6) is -0.297. The third-order valence-electron chi connectivity index (χ3n) is 2.72. The summed E-state index contributed by atoms with van der Waals surface area (Å²) < 4.78 is 15.5. The number of ether oxygens (including phenoxy) is 3. The first-order chi connectivity index (χ1) is 11.3. The molecule has 0 radical (unpaired) electrons. The Bertz CT molecular complexity index is 411. The highest BCUT2D eigenvalue weighted by Crippen LogP contribution is 2.32. The fraction of sp³-hybridized carbons (Fsp3) is 0.800. The second-order valence-electron chi connectivity index (χ2n) is 4.76. The van der Waals surface area contributed by atoms with Gasteiger partial charge in [-0.1, -0.05) is 13.8 Å². The fourth-order valence-electron chi connectivity index (χ4n) is 2.00. The summed E-state index contributed by atoms with van der Waals surface area (Å²) >= 11 is 3.05. The lowest BCUT2D eigenvalue weighted by atomic mass is 10.1. The Morgan fingerprint density at radius 1 is 0.833 bits per heavy atom. The van der Waals surface area contributed by atoms with Gasteiger partial charge in [0.05, 0.1) is 11.2 Å². The molecule has 1 N–H and O–H groups in total. The second-order valence-corrected chi connectivity index (χ2v) is 7.89. The van der Waals surface area contributed by atoms with Crippen molar-refractivity contribution in [1.82, 2.24) is 0 Å². The maximum atomic E-state index is 11.5. The Hall–Kier alpha value is -0.930. The number of esters is 3. The fourth-order valence-corrected chi connectivity index (χ4v) is 4.66. The van der Waals surface area contributed by atoms with Crippen LogP contribution in [0, 0.1) is 0 Å². The van der Waals surface area contributed by atoms with E-state index < -0.39 is 42.8 Å². The van der Waals surface area contributed by atoms with Gasteiger partial charge < -0.3 is 19.3 Å². The van der Waals surface area contributed by atoms with Crippen molar-refractivity contribution in [1.29, 1.82) is 0 Å². The minimum absolute atomic E-state index is 0.238. The Balaban J connectivity index is 5.69. The van der Waals surface area contributed by atoms with Gasteiger partial charge in [-0.3, -0.25) is 14.4 Å². The van der Waals surface area contributed by atoms with Crippen LogP contribution in [0.1, 0.15) is 34.6 Å². The lowest BCUT2D eigenvalue weighted by Crippen LogP contribution is -2.50. The standard InChI is InChI=1S/C15H26O7S2/c1-6-23-15(24-7-2)14(22-11(5)19)13(21-10(4)18)12(8-16)20-9(3)17/h12-16H,6-8H2,1-5H3/t12-,13+,14+/m1/s1. The van der Waals surface area contributed by atoms with Crippen molar-refractivity contribution in [2.45, 2.75) is 57.5 Å². The number of hydrogen-bond donors (Lipinski definition) is 1. The summed E-state index contributed by atoms with van der Waals surface area (Å²) in [4.78, 5) is 34.3. The smallest absolute Gasteiger partial charge is 0.303 e. The highest BCUT2D eigenvalue weighted by atomic mass is 32.2. The van der Waals surface area contributed by atoms with Crippen LogP contribution in [0.5, 0.6) is 0 Å². The van der Waals surface area contributed by atoms with Crippen molar-refractivity contribution in [2.24, 2.45) is 0 Å². The van der Waals surface area contributed by atoms with Crippen LogP contribution in [0.3, 0.4) is 0 Å². The van der Waals surface area contributed by atoms with E-state index in [4.69, 9.17) is 14.2 Å². The monoisotopic (exact) mass is 382 g/mol. The number of aliphatic hydroxyl groups excluding tert-OH is 1. The van der Waals surface area contributed by atoms with Gasteiger partial charge in [0.15, 0.2) is 18.3 Å². The second kappa shape index (κ2) is 12.4. The summed E-state index contributed by atoms with van der Waals surface area (Å²) in [5, 5.41) is 9.56. The zero-order valence-electron chi connectivity index (χ0n) is 14.6. The molecule has 0 unspecified atom stereocenters.